The van der Waals surface area contributed by atoms with Crippen LogP contribution in [-0.2, 0) is 0 Å². The number of nitrogens with one attached hydrogen (secondary N) is 1. The Labute approximate surface area is 145 Å². The van der Waals surface area contributed by atoms with Gasteiger partial charge in [-0.2, -0.15) is 0 Å². The van der Waals surface area contributed by atoms with Crippen LogP contribution in [0.1, 0.15) is 18.1 Å². The van der Waals surface area contributed by atoms with Gasteiger partial charge >= 0.3 is 0 Å². The molecule has 0 aromatic heterocycles. The van der Waals surface area contributed by atoms with Crippen molar-refractivity contribution in [3.63, 3.8) is 0 Å². The Morgan fingerprint density at radius 3 is 2.80 bits per heavy atom. The molecule has 0 bridgehead atoms. The van der Waals surface area contributed by atoms with Crippen LogP contribution in [0.4, 0.5) is 10.1 Å². The number of nitrogens with two attached hydrogens (primary N) is 1. The third-order valence-electron chi connectivity index (χ3n) is 3.69. The van der Waals surface area contributed by atoms with E-state index in [2.05, 4.69) is 10.3 Å². The molecule has 3 rings (SSSR count). The van der Waals surface area contributed by atoms with E-state index in [1.807, 2.05) is 0 Å². The van der Waals surface area contributed by atoms with Crippen molar-refractivity contribution in [1.29, 1.82) is 0 Å². The number of benzene rings is 2. The summed E-state index contributed by atoms with van der Waals surface area (Å²) >= 11 is 0. The Balaban J connectivity index is 1.62. The Hall–Kier alpha value is -2.80. The van der Waals surface area contributed by atoms with Crippen molar-refractivity contribution in [1.82, 2.24) is 0 Å². The lowest BCUT2D eigenvalue weighted by molar-refractivity contribution is 0.187. The number of aliphatic hydroxyl groups is 1. The maximum atomic E-state index is 13.2. The SMILES string of the molecule is NC(=NCC(O)c1cccc(F)c1)Nc1ccc2c(c1)OCCCO2. The van der Waals surface area contributed by atoms with Gasteiger partial charge < -0.3 is 25.6 Å². The third kappa shape index (κ3) is 4.60. The predicted octanol–water partition coefficient (Wildman–Crippen LogP) is 2.45. The number of ether oxygens (including phenoxy) is 2. The van der Waals surface area contributed by atoms with E-state index < -0.39 is 11.9 Å². The first-order chi connectivity index (χ1) is 12.1. The van der Waals surface area contributed by atoms with E-state index in [4.69, 9.17) is 15.2 Å². The van der Waals surface area contributed by atoms with Gasteiger partial charge in [0.15, 0.2) is 17.5 Å². The molecule has 0 aliphatic carbocycles. The van der Waals surface area contributed by atoms with Crippen LogP contribution in [0.3, 0.4) is 0 Å². The van der Waals surface area contributed by atoms with Gasteiger partial charge in [-0.25, -0.2) is 4.39 Å². The summed E-state index contributed by atoms with van der Waals surface area (Å²) in [7, 11) is 0. The molecule has 0 radical (unpaired) electrons. The number of rotatable bonds is 4. The van der Waals surface area contributed by atoms with Gasteiger partial charge in [0.1, 0.15) is 5.82 Å². The summed E-state index contributed by atoms with van der Waals surface area (Å²) in [5.74, 6) is 1.08. The van der Waals surface area contributed by atoms with Gasteiger partial charge in [-0.15, -0.1) is 0 Å². The second-order valence-electron chi connectivity index (χ2n) is 5.63. The number of aliphatic hydroxyl groups excluding tert-OH is 1. The molecule has 25 heavy (non-hydrogen) atoms. The van der Waals surface area contributed by atoms with Crippen LogP contribution in [0, 0.1) is 5.82 Å². The van der Waals surface area contributed by atoms with Gasteiger partial charge in [0, 0.05) is 18.2 Å². The lowest BCUT2D eigenvalue weighted by Gasteiger charge is -2.12. The van der Waals surface area contributed by atoms with E-state index >= 15 is 0 Å². The molecule has 2 aromatic rings. The van der Waals surface area contributed by atoms with Crippen LogP contribution in [0.25, 0.3) is 0 Å². The topological polar surface area (TPSA) is 89.1 Å². The maximum Gasteiger partial charge on any atom is 0.193 e. The molecular weight excluding hydrogens is 325 g/mol. The van der Waals surface area contributed by atoms with Crippen LogP contribution in [0.5, 0.6) is 11.5 Å². The van der Waals surface area contributed by atoms with Crippen molar-refractivity contribution in [3.05, 3.63) is 53.8 Å². The van der Waals surface area contributed by atoms with Crippen molar-refractivity contribution in [2.45, 2.75) is 12.5 Å². The second-order valence-corrected chi connectivity index (χ2v) is 5.63. The molecule has 4 N–H and O–H groups in total. The zero-order chi connectivity index (χ0) is 17.6. The van der Waals surface area contributed by atoms with Crippen LogP contribution in [0.2, 0.25) is 0 Å². The number of hydrogen-bond acceptors (Lipinski definition) is 4. The second kappa shape index (κ2) is 7.85. The average Bonchev–Trinajstić information content (AvgIpc) is 2.84. The monoisotopic (exact) mass is 345 g/mol. The molecule has 0 amide bonds. The number of halogens is 1. The molecule has 7 heteroatoms. The number of aliphatic imine (C=N–C) groups is 1. The molecule has 6 nitrogen and oxygen atoms in total. The fourth-order valence-corrected chi connectivity index (χ4v) is 2.43. The third-order valence-corrected chi connectivity index (χ3v) is 3.69. The highest BCUT2D eigenvalue weighted by molar-refractivity contribution is 5.92. The highest BCUT2D eigenvalue weighted by Gasteiger charge is 2.11. The fraction of sp³-hybridized carbons (Fsp3) is 0.278. The van der Waals surface area contributed by atoms with E-state index in [0.29, 0.717) is 36.0 Å². The Kier molecular flexibility index (Phi) is 5.35. The van der Waals surface area contributed by atoms with Gasteiger partial charge in [0.2, 0.25) is 0 Å². The molecule has 0 saturated carbocycles. The molecular formula is C18H20FN3O3. The lowest BCUT2D eigenvalue weighted by atomic mass is 10.1. The maximum absolute atomic E-state index is 13.2. The van der Waals surface area contributed by atoms with Gasteiger partial charge in [0.25, 0.3) is 0 Å². The molecule has 1 heterocycles. The van der Waals surface area contributed by atoms with Crippen LogP contribution >= 0.6 is 0 Å². The molecule has 1 aliphatic heterocycles. The summed E-state index contributed by atoms with van der Waals surface area (Å²) in [5.41, 5.74) is 7.00. The number of nitrogens with zero attached hydrogens (tertiary/aromatic N) is 1. The number of fused-ring (bicyclic) bond motifs is 1. The summed E-state index contributed by atoms with van der Waals surface area (Å²) in [4.78, 5) is 4.09. The van der Waals surface area contributed by atoms with Gasteiger partial charge in [-0.3, -0.25) is 4.99 Å². The van der Waals surface area contributed by atoms with Crippen LogP contribution < -0.4 is 20.5 Å². The molecule has 2 aromatic carbocycles. The molecule has 0 spiro atoms. The van der Waals surface area contributed by atoms with Gasteiger partial charge in [-0.05, 0) is 29.8 Å². The van der Waals surface area contributed by atoms with Crippen molar-refractivity contribution >= 4 is 11.6 Å². The van der Waals surface area contributed by atoms with Crippen LogP contribution in [0.15, 0.2) is 47.5 Å². The van der Waals surface area contributed by atoms with Crippen molar-refractivity contribution in [2.75, 3.05) is 25.1 Å². The number of guanidine groups is 1. The minimum Gasteiger partial charge on any atom is -0.490 e. The first kappa shape index (κ1) is 17.0. The minimum atomic E-state index is -0.931. The lowest BCUT2D eigenvalue weighted by Crippen LogP contribution is -2.23. The fourth-order valence-electron chi connectivity index (χ4n) is 2.43. The van der Waals surface area contributed by atoms with E-state index in [0.717, 1.165) is 6.42 Å². The molecule has 0 fully saturated rings. The van der Waals surface area contributed by atoms with Crippen LogP contribution in [-0.4, -0.2) is 30.8 Å². The summed E-state index contributed by atoms with van der Waals surface area (Å²) in [6.45, 7) is 1.24. The van der Waals surface area contributed by atoms with E-state index in [-0.39, 0.29) is 12.5 Å². The van der Waals surface area contributed by atoms with Gasteiger partial charge in [0.05, 0.1) is 25.9 Å². The highest BCUT2D eigenvalue weighted by atomic mass is 19.1. The van der Waals surface area contributed by atoms with E-state index in [1.54, 1.807) is 24.3 Å². The average molecular weight is 345 g/mol. The molecule has 0 saturated heterocycles. The van der Waals surface area contributed by atoms with Gasteiger partial charge in [-0.1, -0.05) is 12.1 Å². The summed E-state index contributed by atoms with van der Waals surface area (Å²) in [5, 5.41) is 13.0. The van der Waals surface area contributed by atoms with E-state index in [9.17, 15) is 9.50 Å². The standard InChI is InChI=1S/C18H20FN3O3/c19-13-4-1-3-12(9-13)15(23)11-21-18(20)22-14-5-6-16-17(10-14)25-8-2-7-24-16/h1,3-6,9-10,15,23H,2,7-8,11H2,(H3,20,21,22). The molecule has 1 aliphatic rings. The summed E-state index contributed by atoms with van der Waals surface area (Å²) in [6, 6.07) is 11.2. The zero-order valence-electron chi connectivity index (χ0n) is 13.6. The normalized spacial score (nSPS) is 15.4. The van der Waals surface area contributed by atoms with E-state index in [1.165, 1.54) is 18.2 Å². The van der Waals surface area contributed by atoms with Crippen molar-refractivity contribution < 1.29 is 19.0 Å². The van der Waals surface area contributed by atoms with Crippen molar-refractivity contribution in [2.24, 2.45) is 10.7 Å². The zero-order valence-corrected chi connectivity index (χ0v) is 13.6. The first-order valence-electron chi connectivity index (χ1n) is 8.02. The Bertz CT molecular complexity index is 767. The summed E-state index contributed by atoms with van der Waals surface area (Å²) in [6.07, 6.45) is -0.0984. The smallest absolute Gasteiger partial charge is 0.193 e. The number of anilines is 1. The van der Waals surface area contributed by atoms with Crippen molar-refractivity contribution in [3.8, 4) is 11.5 Å². The highest BCUT2D eigenvalue weighted by Crippen LogP contribution is 2.32. The Morgan fingerprint density at radius 1 is 1.20 bits per heavy atom. The number of hydrogen-bond donors (Lipinski definition) is 3. The largest absolute Gasteiger partial charge is 0.490 e. The molecule has 1 unspecified atom stereocenters. The quantitative estimate of drug-likeness (QED) is 0.585. The predicted molar refractivity (Wildman–Crippen MR) is 93.5 cm³/mol. The minimum absolute atomic E-state index is 0.0207. The Morgan fingerprint density at radius 2 is 2.00 bits per heavy atom. The summed E-state index contributed by atoms with van der Waals surface area (Å²) < 4.78 is 24.4. The first-order valence-corrected chi connectivity index (χ1v) is 8.02. The molecule has 132 valence electrons. The molecule has 1 atom stereocenters.